The van der Waals surface area contributed by atoms with E-state index in [1.165, 1.54) is 5.56 Å². The van der Waals surface area contributed by atoms with Crippen molar-refractivity contribution in [3.05, 3.63) is 23.8 Å². The quantitative estimate of drug-likeness (QED) is 0.839. The van der Waals surface area contributed by atoms with Crippen molar-refractivity contribution in [2.24, 2.45) is 5.92 Å². The molecular formula is C14H20N2O2. The second kappa shape index (κ2) is 4.88. The molecule has 1 fully saturated rings. The number of carboxylic acid groups (broad SMARTS) is 1. The van der Waals surface area contributed by atoms with E-state index in [4.69, 9.17) is 0 Å². The van der Waals surface area contributed by atoms with Crippen molar-refractivity contribution in [3.63, 3.8) is 0 Å². The predicted octanol–water partition coefficient (Wildman–Crippen LogP) is 2.34. The van der Waals surface area contributed by atoms with Gasteiger partial charge in [-0.3, -0.25) is 0 Å². The summed E-state index contributed by atoms with van der Waals surface area (Å²) >= 11 is 0. The molecule has 2 N–H and O–H groups in total. The van der Waals surface area contributed by atoms with Crippen LogP contribution in [0.15, 0.2) is 18.2 Å². The summed E-state index contributed by atoms with van der Waals surface area (Å²) in [5, 5.41) is 12.3. The topological polar surface area (TPSA) is 52.6 Å². The highest BCUT2D eigenvalue weighted by molar-refractivity contribution is 5.79. The Bertz CT molecular complexity index is 453. The first-order chi connectivity index (χ1) is 8.49. The van der Waals surface area contributed by atoms with E-state index in [0.717, 1.165) is 24.2 Å². The van der Waals surface area contributed by atoms with Crippen LogP contribution in [0.1, 0.15) is 18.4 Å². The standard InChI is InChI=1S/C14H20N2O2/c1-9-4-7-11(8-12(9)16(2)3)15-13(14(17)18)10-5-6-10/h4,7-8,10,13,15H,5-6H2,1-3H3,(H,17,18). The first-order valence-corrected chi connectivity index (χ1v) is 6.26. The van der Waals surface area contributed by atoms with Gasteiger partial charge in [-0.15, -0.1) is 0 Å². The van der Waals surface area contributed by atoms with Crippen LogP contribution >= 0.6 is 0 Å². The fraction of sp³-hybridized carbons (Fsp3) is 0.500. The second-order valence-corrected chi connectivity index (χ2v) is 5.19. The summed E-state index contributed by atoms with van der Waals surface area (Å²) < 4.78 is 0. The van der Waals surface area contributed by atoms with Crippen LogP contribution < -0.4 is 10.2 Å². The number of anilines is 2. The highest BCUT2D eigenvalue weighted by atomic mass is 16.4. The van der Waals surface area contributed by atoms with Crippen molar-refractivity contribution in [2.45, 2.75) is 25.8 Å². The maximum atomic E-state index is 11.2. The zero-order chi connectivity index (χ0) is 13.3. The number of nitrogens with one attached hydrogen (secondary N) is 1. The van der Waals surface area contributed by atoms with Crippen LogP contribution in [-0.2, 0) is 4.79 Å². The molecule has 1 aliphatic rings. The zero-order valence-electron chi connectivity index (χ0n) is 11.1. The molecule has 1 aliphatic carbocycles. The molecule has 0 heterocycles. The van der Waals surface area contributed by atoms with Crippen molar-refractivity contribution in [2.75, 3.05) is 24.3 Å². The molecule has 0 bridgehead atoms. The summed E-state index contributed by atoms with van der Waals surface area (Å²) in [5.74, 6) is -0.476. The number of rotatable bonds is 5. The number of benzene rings is 1. The number of carboxylic acids is 1. The number of hydrogen-bond donors (Lipinski definition) is 2. The molecule has 0 saturated heterocycles. The van der Waals surface area contributed by atoms with E-state index in [0.29, 0.717) is 0 Å². The first kappa shape index (κ1) is 12.7. The van der Waals surface area contributed by atoms with Gasteiger partial charge in [-0.25, -0.2) is 4.79 Å². The highest BCUT2D eigenvalue weighted by Gasteiger charge is 2.36. The summed E-state index contributed by atoms with van der Waals surface area (Å²) in [6.07, 6.45) is 2.02. The minimum Gasteiger partial charge on any atom is -0.480 e. The molecule has 0 aliphatic heterocycles. The number of nitrogens with zero attached hydrogens (tertiary/aromatic N) is 1. The fourth-order valence-electron chi connectivity index (χ4n) is 2.17. The number of hydrogen-bond acceptors (Lipinski definition) is 3. The van der Waals surface area contributed by atoms with Crippen LogP contribution in [0.2, 0.25) is 0 Å². The summed E-state index contributed by atoms with van der Waals surface area (Å²) in [6.45, 7) is 2.05. The molecule has 1 aromatic rings. The normalized spacial score (nSPS) is 16.2. The van der Waals surface area contributed by atoms with E-state index in [1.807, 2.05) is 37.2 Å². The maximum Gasteiger partial charge on any atom is 0.326 e. The molecule has 2 rings (SSSR count). The fourth-order valence-corrected chi connectivity index (χ4v) is 2.17. The van der Waals surface area contributed by atoms with Gasteiger partial charge >= 0.3 is 5.97 Å². The summed E-state index contributed by atoms with van der Waals surface area (Å²) in [4.78, 5) is 13.2. The summed E-state index contributed by atoms with van der Waals surface area (Å²) in [5.41, 5.74) is 3.17. The number of carbonyl (C=O) groups is 1. The van der Waals surface area contributed by atoms with Gasteiger partial charge in [0.15, 0.2) is 0 Å². The minimum absolute atomic E-state index is 0.284. The Labute approximate surface area is 108 Å². The van der Waals surface area contributed by atoms with Crippen molar-refractivity contribution in [1.82, 2.24) is 0 Å². The van der Waals surface area contributed by atoms with Crippen LogP contribution in [0, 0.1) is 12.8 Å². The van der Waals surface area contributed by atoms with E-state index >= 15 is 0 Å². The van der Waals surface area contributed by atoms with Crippen LogP contribution in [0.25, 0.3) is 0 Å². The van der Waals surface area contributed by atoms with Crippen molar-refractivity contribution in [1.29, 1.82) is 0 Å². The van der Waals surface area contributed by atoms with Crippen molar-refractivity contribution < 1.29 is 9.90 Å². The van der Waals surface area contributed by atoms with Gasteiger partial charge in [0.2, 0.25) is 0 Å². The molecule has 0 aromatic heterocycles. The third-order valence-corrected chi connectivity index (χ3v) is 3.37. The molecule has 98 valence electrons. The molecule has 4 nitrogen and oxygen atoms in total. The average molecular weight is 248 g/mol. The lowest BCUT2D eigenvalue weighted by Crippen LogP contribution is -2.31. The molecule has 4 heteroatoms. The van der Waals surface area contributed by atoms with Gasteiger partial charge in [0.25, 0.3) is 0 Å². The van der Waals surface area contributed by atoms with Gasteiger partial charge < -0.3 is 15.3 Å². The van der Waals surface area contributed by atoms with Gasteiger partial charge in [0.05, 0.1) is 0 Å². The van der Waals surface area contributed by atoms with E-state index in [2.05, 4.69) is 12.2 Å². The number of aryl methyl sites for hydroxylation is 1. The van der Waals surface area contributed by atoms with E-state index < -0.39 is 12.0 Å². The van der Waals surface area contributed by atoms with E-state index in [9.17, 15) is 9.90 Å². The smallest absolute Gasteiger partial charge is 0.326 e. The molecule has 18 heavy (non-hydrogen) atoms. The Balaban J connectivity index is 2.18. The van der Waals surface area contributed by atoms with Crippen molar-refractivity contribution >= 4 is 17.3 Å². The van der Waals surface area contributed by atoms with Crippen LogP contribution in [0.3, 0.4) is 0 Å². The maximum absolute atomic E-state index is 11.2. The highest BCUT2D eigenvalue weighted by Crippen LogP contribution is 2.35. The van der Waals surface area contributed by atoms with E-state index in [1.54, 1.807) is 0 Å². The largest absolute Gasteiger partial charge is 0.480 e. The Hall–Kier alpha value is -1.71. The van der Waals surface area contributed by atoms with Crippen LogP contribution in [0.4, 0.5) is 11.4 Å². The Kier molecular flexibility index (Phi) is 3.45. The van der Waals surface area contributed by atoms with Gasteiger partial charge in [0, 0.05) is 25.5 Å². The minimum atomic E-state index is -0.760. The SMILES string of the molecule is Cc1ccc(NC(C(=O)O)C2CC2)cc1N(C)C. The molecule has 1 unspecified atom stereocenters. The number of aliphatic carboxylic acids is 1. The Morgan fingerprint density at radius 2 is 2.11 bits per heavy atom. The zero-order valence-corrected chi connectivity index (χ0v) is 11.1. The van der Waals surface area contributed by atoms with Crippen molar-refractivity contribution in [3.8, 4) is 0 Å². The lowest BCUT2D eigenvalue weighted by molar-refractivity contribution is -0.138. The molecule has 0 radical (unpaired) electrons. The third-order valence-electron chi connectivity index (χ3n) is 3.37. The van der Waals surface area contributed by atoms with Gasteiger partial charge in [-0.1, -0.05) is 6.07 Å². The first-order valence-electron chi connectivity index (χ1n) is 6.26. The lowest BCUT2D eigenvalue weighted by Gasteiger charge is -2.20. The van der Waals surface area contributed by atoms with Crippen LogP contribution in [0.5, 0.6) is 0 Å². The monoisotopic (exact) mass is 248 g/mol. The molecule has 1 saturated carbocycles. The molecule has 1 atom stereocenters. The van der Waals surface area contributed by atoms with Gasteiger partial charge in [-0.2, -0.15) is 0 Å². The second-order valence-electron chi connectivity index (χ2n) is 5.19. The molecule has 1 aromatic carbocycles. The Morgan fingerprint density at radius 3 is 2.61 bits per heavy atom. The van der Waals surface area contributed by atoms with E-state index in [-0.39, 0.29) is 5.92 Å². The van der Waals surface area contributed by atoms with Gasteiger partial charge in [-0.05, 0) is 43.4 Å². The van der Waals surface area contributed by atoms with Gasteiger partial charge in [0.1, 0.15) is 6.04 Å². The molecular weight excluding hydrogens is 228 g/mol. The molecule has 0 spiro atoms. The lowest BCUT2D eigenvalue weighted by atomic mass is 10.1. The Morgan fingerprint density at radius 1 is 1.44 bits per heavy atom. The third kappa shape index (κ3) is 2.75. The molecule has 0 amide bonds. The van der Waals surface area contributed by atoms with Crippen LogP contribution in [-0.4, -0.2) is 31.2 Å². The average Bonchev–Trinajstić information content (AvgIpc) is 3.11. The predicted molar refractivity (Wildman–Crippen MR) is 73.3 cm³/mol. The summed E-state index contributed by atoms with van der Waals surface area (Å²) in [7, 11) is 3.98. The summed E-state index contributed by atoms with van der Waals surface area (Å²) in [6, 6.07) is 5.51.